The summed E-state index contributed by atoms with van der Waals surface area (Å²) in [5, 5.41) is 3.84. The molecule has 1 saturated carbocycles. The molecular weight excluding hydrogens is 344 g/mol. The standard InChI is InChI=1S/C22H31ClN2O/c1-6-18(23)10-13-20(7-2)25-16(4)14-21(17(25)5)22(26)24-19-11-8-15(3)9-12-19/h6,10,13-15,19H,1,7-9,11-12H2,2-5H3,(H,24,26)/b18-10+,20-13+. The van der Waals surface area contributed by atoms with Gasteiger partial charge in [-0.1, -0.05) is 38.1 Å². The van der Waals surface area contributed by atoms with Gasteiger partial charge in [0.15, 0.2) is 0 Å². The normalized spacial score (nSPS) is 21.6. The molecule has 1 amide bonds. The maximum atomic E-state index is 12.8. The maximum absolute atomic E-state index is 12.8. The first-order valence-corrected chi connectivity index (χ1v) is 9.94. The molecule has 1 aliphatic carbocycles. The van der Waals surface area contributed by atoms with E-state index in [1.165, 1.54) is 12.8 Å². The van der Waals surface area contributed by atoms with Crippen molar-refractivity contribution in [1.82, 2.24) is 9.88 Å². The number of hydrogen-bond acceptors (Lipinski definition) is 1. The number of nitrogens with one attached hydrogen (secondary N) is 1. The number of carbonyl (C=O) groups is 1. The summed E-state index contributed by atoms with van der Waals surface area (Å²) in [4.78, 5) is 12.8. The molecule has 142 valence electrons. The lowest BCUT2D eigenvalue weighted by Crippen LogP contribution is -2.37. The van der Waals surface area contributed by atoms with Crippen LogP contribution in [-0.2, 0) is 0 Å². The van der Waals surface area contributed by atoms with Crippen molar-refractivity contribution in [2.24, 2.45) is 5.92 Å². The van der Waals surface area contributed by atoms with Crippen molar-refractivity contribution < 1.29 is 4.79 Å². The molecule has 4 heteroatoms. The third-order valence-electron chi connectivity index (χ3n) is 5.31. The molecular formula is C22H31ClN2O. The lowest BCUT2D eigenvalue weighted by molar-refractivity contribution is 0.0922. The minimum Gasteiger partial charge on any atom is -0.349 e. The molecule has 0 unspecified atom stereocenters. The molecule has 1 aromatic heterocycles. The van der Waals surface area contributed by atoms with Crippen molar-refractivity contribution in [3.63, 3.8) is 0 Å². The van der Waals surface area contributed by atoms with Crippen LogP contribution >= 0.6 is 11.6 Å². The molecule has 0 radical (unpaired) electrons. The third kappa shape index (κ3) is 4.91. The Balaban J connectivity index is 2.23. The lowest BCUT2D eigenvalue weighted by Gasteiger charge is -2.26. The van der Waals surface area contributed by atoms with E-state index < -0.39 is 0 Å². The van der Waals surface area contributed by atoms with Crippen LogP contribution in [0.2, 0.25) is 0 Å². The zero-order chi connectivity index (χ0) is 19.3. The summed E-state index contributed by atoms with van der Waals surface area (Å²) in [5.41, 5.74) is 3.89. The van der Waals surface area contributed by atoms with E-state index in [2.05, 4.69) is 30.3 Å². The molecule has 0 aromatic carbocycles. The monoisotopic (exact) mass is 374 g/mol. The number of nitrogens with zero attached hydrogens (tertiary/aromatic N) is 1. The highest BCUT2D eigenvalue weighted by atomic mass is 35.5. The van der Waals surface area contributed by atoms with Crippen LogP contribution in [0.25, 0.3) is 5.70 Å². The summed E-state index contributed by atoms with van der Waals surface area (Å²) in [6.07, 6.45) is 10.9. The average Bonchev–Trinajstić information content (AvgIpc) is 2.92. The molecule has 0 spiro atoms. The summed E-state index contributed by atoms with van der Waals surface area (Å²) < 4.78 is 2.14. The Kier molecular flexibility index (Phi) is 7.33. The Morgan fingerprint density at radius 2 is 1.96 bits per heavy atom. The number of allylic oxidation sites excluding steroid dienone is 5. The number of amides is 1. The number of carbonyl (C=O) groups excluding carboxylic acids is 1. The largest absolute Gasteiger partial charge is 0.349 e. The average molecular weight is 375 g/mol. The molecule has 0 bridgehead atoms. The maximum Gasteiger partial charge on any atom is 0.253 e. The molecule has 1 fully saturated rings. The zero-order valence-corrected chi connectivity index (χ0v) is 17.2. The number of halogens is 1. The van der Waals surface area contributed by atoms with Gasteiger partial charge >= 0.3 is 0 Å². The van der Waals surface area contributed by atoms with Crippen molar-refractivity contribution in [3.05, 3.63) is 52.9 Å². The second-order valence-electron chi connectivity index (χ2n) is 7.32. The van der Waals surface area contributed by atoms with Crippen LogP contribution in [0.1, 0.15) is 67.7 Å². The molecule has 1 aromatic rings. The molecule has 3 nitrogen and oxygen atoms in total. The van der Waals surface area contributed by atoms with E-state index in [0.29, 0.717) is 11.1 Å². The Hall–Kier alpha value is -1.74. The summed E-state index contributed by atoms with van der Waals surface area (Å²) in [7, 11) is 0. The smallest absolute Gasteiger partial charge is 0.253 e. The molecule has 0 atom stereocenters. The fourth-order valence-corrected chi connectivity index (χ4v) is 3.76. The van der Waals surface area contributed by atoms with Crippen LogP contribution < -0.4 is 5.32 Å². The van der Waals surface area contributed by atoms with E-state index in [1.54, 1.807) is 6.08 Å². The van der Waals surface area contributed by atoms with Gasteiger partial charge < -0.3 is 9.88 Å². The van der Waals surface area contributed by atoms with Crippen LogP contribution in [0, 0.1) is 19.8 Å². The predicted octanol–water partition coefficient (Wildman–Crippen LogP) is 5.97. The van der Waals surface area contributed by atoms with Gasteiger partial charge in [-0.3, -0.25) is 4.79 Å². The zero-order valence-electron chi connectivity index (χ0n) is 16.4. The number of aromatic nitrogens is 1. The molecule has 0 saturated heterocycles. The SMILES string of the molecule is C=C/C(Cl)=C\C=C(/CC)n1c(C)cc(C(=O)NC2CCC(C)CC2)c1C. The van der Waals surface area contributed by atoms with Crippen LogP contribution in [0.15, 0.2) is 35.9 Å². The van der Waals surface area contributed by atoms with Gasteiger partial charge in [-0.25, -0.2) is 0 Å². The van der Waals surface area contributed by atoms with Gasteiger partial charge in [0, 0.05) is 28.2 Å². The summed E-state index contributed by atoms with van der Waals surface area (Å²) in [6.45, 7) is 12.1. The van der Waals surface area contributed by atoms with Crippen LogP contribution in [0.3, 0.4) is 0 Å². The van der Waals surface area contributed by atoms with Gasteiger partial charge in [0.05, 0.1) is 5.56 Å². The molecule has 0 aliphatic heterocycles. The van der Waals surface area contributed by atoms with Crippen molar-refractivity contribution in [2.45, 2.75) is 65.8 Å². The summed E-state index contributed by atoms with van der Waals surface area (Å²) >= 11 is 6.03. The highest BCUT2D eigenvalue weighted by Gasteiger charge is 2.23. The molecule has 2 rings (SSSR count). The van der Waals surface area contributed by atoms with E-state index in [4.69, 9.17) is 11.6 Å². The van der Waals surface area contributed by atoms with Crippen molar-refractivity contribution >= 4 is 23.2 Å². The van der Waals surface area contributed by atoms with Crippen molar-refractivity contribution in [3.8, 4) is 0 Å². The Morgan fingerprint density at radius 1 is 1.31 bits per heavy atom. The van der Waals surface area contributed by atoms with Crippen LogP contribution in [0.5, 0.6) is 0 Å². The fourth-order valence-electron chi connectivity index (χ4n) is 3.70. The summed E-state index contributed by atoms with van der Waals surface area (Å²) in [5.74, 6) is 0.819. The van der Waals surface area contributed by atoms with Gasteiger partial charge in [0.25, 0.3) is 5.91 Å². The Bertz CT molecular complexity index is 719. The first-order chi connectivity index (χ1) is 12.4. The molecule has 1 N–H and O–H groups in total. The first kappa shape index (κ1) is 20.6. The minimum absolute atomic E-state index is 0.0408. The van der Waals surface area contributed by atoms with E-state index in [9.17, 15) is 4.79 Å². The number of rotatable bonds is 6. The molecule has 26 heavy (non-hydrogen) atoms. The highest BCUT2D eigenvalue weighted by molar-refractivity contribution is 6.31. The third-order valence-corrected chi connectivity index (χ3v) is 5.59. The predicted molar refractivity (Wildman–Crippen MR) is 111 cm³/mol. The van der Waals surface area contributed by atoms with Gasteiger partial charge in [-0.15, -0.1) is 0 Å². The number of hydrogen-bond donors (Lipinski definition) is 1. The topological polar surface area (TPSA) is 34.0 Å². The molecule has 1 heterocycles. The van der Waals surface area contributed by atoms with E-state index >= 15 is 0 Å². The second kappa shape index (κ2) is 9.27. The molecule has 1 aliphatic rings. The number of aryl methyl sites for hydroxylation is 1. The Morgan fingerprint density at radius 3 is 2.54 bits per heavy atom. The highest BCUT2D eigenvalue weighted by Crippen LogP contribution is 2.25. The Labute approximate surface area is 162 Å². The quantitative estimate of drug-likeness (QED) is 0.611. The first-order valence-electron chi connectivity index (χ1n) is 9.56. The van der Waals surface area contributed by atoms with E-state index in [-0.39, 0.29) is 5.91 Å². The van der Waals surface area contributed by atoms with Gasteiger partial charge in [0.1, 0.15) is 0 Å². The van der Waals surface area contributed by atoms with E-state index in [0.717, 1.165) is 47.8 Å². The van der Waals surface area contributed by atoms with Gasteiger partial charge in [0.2, 0.25) is 0 Å². The van der Waals surface area contributed by atoms with Crippen LogP contribution in [-0.4, -0.2) is 16.5 Å². The van der Waals surface area contributed by atoms with Gasteiger partial charge in [-0.2, -0.15) is 0 Å². The van der Waals surface area contributed by atoms with E-state index in [1.807, 2.05) is 32.1 Å². The lowest BCUT2D eigenvalue weighted by atomic mass is 9.87. The fraction of sp³-hybridized carbons (Fsp3) is 0.500. The van der Waals surface area contributed by atoms with Crippen molar-refractivity contribution in [2.75, 3.05) is 0 Å². The minimum atomic E-state index is 0.0408. The second-order valence-corrected chi connectivity index (χ2v) is 7.75. The summed E-state index contributed by atoms with van der Waals surface area (Å²) in [6, 6.07) is 2.29. The van der Waals surface area contributed by atoms with Crippen LogP contribution in [0.4, 0.5) is 0 Å². The van der Waals surface area contributed by atoms with Gasteiger partial charge in [-0.05, 0) is 70.1 Å². The van der Waals surface area contributed by atoms with Crippen molar-refractivity contribution in [1.29, 1.82) is 0 Å².